The van der Waals surface area contributed by atoms with Gasteiger partial charge in [-0.1, -0.05) is 6.92 Å². The second-order valence-corrected chi connectivity index (χ2v) is 4.97. The zero-order chi connectivity index (χ0) is 12.2. The van der Waals surface area contributed by atoms with E-state index in [-0.39, 0.29) is 23.5 Å². The summed E-state index contributed by atoms with van der Waals surface area (Å²) in [6, 6.07) is 0. The van der Waals surface area contributed by atoms with E-state index in [0.717, 1.165) is 13.1 Å². The van der Waals surface area contributed by atoms with Gasteiger partial charge in [0.15, 0.2) is 0 Å². The molecule has 0 aliphatic carbocycles. The molecular formula is C11H22N2O3. The fraction of sp³-hybridized carbons (Fsp3) is 0.909. The highest BCUT2D eigenvalue weighted by Crippen LogP contribution is 2.15. The quantitative estimate of drug-likeness (QED) is 0.691. The number of morpholine rings is 1. The molecule has 2 unspecified atom stereocenters. The summed E-state index contributed by atoms with van der Waals surface area (Å²) in [6.07, 6.45) is 0.0452. The van der Waals surface area contributed by atoms with E-state index >= 15 is 0 Å². The predicted octanol–water partition coefficient (Wildman–Crippen LogP) is -0.109. The van der Waals surface area contributed by atoms with Crippen LogP contribution in [0.15, 0.2) is 0 Å². The lowest BCUT2D eigenvalue weighted by Crippen LogP contribution is -2.52. The largest absolute Gasteiger partial charge is 0.378 e. The highest BCUT2D eigenvalue weighted by Gasteiger charge is 2.28. The molecule has 0 aromatic rings. The molecule has 0 aromatic heterocycles. The Kier molecular flexibility index (Phi) is 4.70. The summed E-state index contributed by atoms with van der Waals surface area (Å²) in [7, 11) is 0. The average molecular weight is 230 g/mol. The summed E-state index contributed by atoms with van der Waals surface area (Å²) >= 11 is 0. The fourth-order valence-electron chi connectivity index (χ4n) is 1.62. The number of carbonyl (C=O) groups is 1. The number of nitrogens with two attached hydrogens (primary N) is 1. The van der Waals surface area contributed by atoms with Gasteiger partial charge in [0, 0.05) is 13.1 Å². The number of nitrogens with one attached hydrogen (secondary N) is 1. The van der Waals surface area contributed by atoms with E-state index in [4.69, 9.17) is 15.2 Å². The summed E-state index contributed by atoms with van der Waals surface area (Å²) in [6.45, 7) is 8.32. The number of rotatable bonds is 5. The van der Waals surface area contributed by atoms with Crippen LogP contribution in [-0.2, 0) is 14.3 Å². The van der Waals surface area contributed by atoms with Gasteiger partial charge in [-0.15, -0.1) is 0 Å². The maximum Gasteiger partial charge on any atom is 0.222 e. The zero-order valence-corrected chi connectivity index (χ0v) is 10.3. The Morgan fingerprint density at radius 2 is 2.38 bits per heavy atom. The van der Waals surface area contributed by atoms with Gasteiger partial charge in [0.2, 0.25) is 5.91 Å². The van der Waals surface area contributed by atoms with Crippen LogP contribution in [0.2, 0.25) is 0 Å². The van der Waals surface area contributed by atoms with Crippen molar-refractivity contribution in [1.29, 1.82) is 0 Å². The van der Waals surface area contributed by atoms with Crippen LogP contribution in [-0.4, -0.2) is 43.9 Å². The molecule has 16 heavy (non-hydrogen) atoms. The summed E-state index contributed by atoms with van der Waals surface area (Å²) < 4.78 is 11.2. The Morgan fingerprint density at radius 3 is 2.94 bits per heavy atom. The topological polar surface area (TPSA) is 73.6 Å². The van der Waals surface area contributed by atoms with E-state index in [1.54, 1.807) is 6.92 Å². The van der Waals surface area contributed by atoms with Crippen molar-refractivity contribution in [3.05, 3.63) is 0 Å². The van der Waals surface area contributed by atoms with Gasteiger partial charge >= 0.3 is 0 Å². The van der Waals surface area contributed by atoms with Gasteiger partial charge in [0.05, 0.1) is 30.8 Å². The Bertz CT molecular complexity index is 243. The van der Waals surface area contributed by atoms with E-state index in [2.05, 4.69) is 5.32 Å². The third-order valence-corrected chi connectivity index (χ3v) is 2.57. The van der Waals surface area contributed by atoms with Crippen LogP contribution in [0.4, 0.5) is 0 Å². The molecule has 3 N–H and O–H groups in total. The minimum atomic E-state index is -0.331. The molecule has 2 atom stereocenters. The predicted molar refractivity (Wildman–Crippen MR) is 61.0 cm³/mol. The number of hydrogen-bond donors (Lipinski definition) is 2. The lowest BCUT2D eigenvalue weighted by Gasteiger charge is -2.36. The van der Waals surface area contributed by atoms with E-state index < -0.39 is 0 Å². The van der Waals surface area contributed by atoms with E-state index in [9.17, 15) is 4.79 Å². The summed E-state index contributed by atoms with van der Waals surface area (Å²) in [5.74, 6) is -0.576. The van der Waals surface area contributed by atoms with E-state index in [0.29, 0.717) is 13.2 Å². The van der Waals surface area contributed by atoms with Crippen molar-refractivity contribution in [2.24, 2.45) is 11.7 Å². The minimum Gasteiger partial charge on any atom is -0.378 e. The van der Waals surface area contributed by atoms with Gasteiger partial charge in [-0.2, -0.15) is 0 Å². The Balaban J connectivity index is 2.20. The molecule has 0 saturated carbocycles. The lowest BCUT2D eigenvalue weighted by molar-refractivity contribution is -0.131. The second-order valence-electron chi connectivity index (χ2n) is 4.97. The van der Waals surface area contributed by atoms with Crippen molar-refractivity contribution in [2.45, 2.75) is 32.5 Å². The Hall–Kier alpha value is -0.650. The molecule has 5 heteroatoms. The van der Waals surface area contributed by atoms with Crippen LogP contribution in [0.5, 0.6) is 0 Å². The molecule has 1 amide bonds. The first kappa shape index (κ1) is 13.4. The highest BCUT2D eigenvalue weighted by atomic mass is 16.5. The molecule has 1 rings (SSSR count). The lowest BCUT2D eigenvalue weighted by atomic mass is 10.1. The molecule has 0 radical (unpaired) electrons. The number of amides is 1. The molecule has 0 spiro atoms. The van der Waals surface area contributed by atoms with Crippen LogP contribution >= 0.6 is 0 Å². The first-order valence-corrected chi connectivity index (χ1v) is 5.66. The molecule has 94 valence electrons. The van der Waals surface area contributed by atoms with Crippen LogP contribution in [0, 0.1) is 5.92 Å². The summed E-state index contributed by atoms with van der Waals surface area (Å²) in [4.78, 5) is 10.8. The first-order chi connectivity index (χ1) is 7.41. The maximum atomic E-state index is 10.8. The molecule has 1 fully saturated rings. The van der Waals surface area contributed by atoms with E-state index in [1.807, 2.05) is 13.8 Å². The third kappa shape index (κ3) is 4.47. The van der Waals surface area contributed by atoms with Crippen molar-refractivity contribution >= 4 is 5.91 Å². The smallest absolute Gasteiger partial charge is 0.222 e. The molecule has 1 aliphatic heterocycles. The molecule has 5 nitrogen and oxygen atoms in total. The monoisotopic (exact) mass is 230 g/mol. The third-order valence-electron chi connectivity index (χ3n) is 2.57. The normalized spacial score (nSPS) is 26.3. The van der Waals surface area contributed by atoms with Crippen molar-refractivity contribution in [1.82, 2.24) is 5.32 Å². The number of hydrogen-bond acceptors (Lipinski definition) is 4. The standard InChI is InChI=1S/C11H22N2O3/c1-8(10(12)14)5-15-6-9-4-13-7-11(2,3)16-9/h8-9,13H,4-7H2,1-3H3,(H2,12,14). The van der Waals surface area contributed by atoms with Gasteiger partial charge in [-0.05, 0) is 13.8 Å². The molecule has 1 heterocycles. The van der Waals surface area contributed by atoms with Crippen LogP contribution in [0.3, 0.4) is 0 Å². The summed E-state index contributed by atoms with van der Waals surface area (Å²) in [5.41, 5.74) is 4.98. The second kappa shape index (κ2) is 5.61. The minimum absolute atomic E-state index is 0.0452. The first-order valence-electron chi connectivity index (χ1n) is 5.66. The average Bonchev–Trinajstić information content (AvgIpc) is 2.15. The molecule has 1 saturated heterocycles. The number of carbonyl (C=O) groups excluding carboxylic acids is 1. The van der Waals surface area contributed by atoms with Crippen molar-refractivity contribution < 1.29 is 14.3 Å². The zero-order valence-electron chi connectivity index (χ0n) is 10.3. The Morgan fingerprint density at radius 1 is 1.69 bits per heavy atom. The molecule has 0 aromatic carbocycles. The van der Waals surface area contributed by atoms with Gasteiger partial charge in [0.25, 0.3) is 0 Å². The molecular weight excluding hydrogens is 208 g/mol. The van der Waals surface area contributed by atoms with Gasteiger partial charge in [-0.25, -0.2) is 0 Å². The summed E-state index contributed by atoms with van der Waals surface area (Å²) in [5, 5.41) is 3.29. The van der Waals surface area contributed by atoms with Crippen LogP contribution in [0.1, 0.15) is 20.8 Å². The van der Waals surface area contributed by atoms with Crippen LogP contribution < -0.4 is 11.1 Å². The van der Waals surface area contributed by atoms with E-state index in [1.165, 1.54) is 0 Å². The van der Waals surface area contributed by atoms with Gasteiger partial charge in [0.1, 0.15) is 0 Å². The number of ether oxygens (including phenoxy) is 2. The molecule has 1 aliphatic rings. The highest BCUT2D eigenvalue weighted by molar-refractivity contribution is 5.76. The fourth-order valence-corrected chi connectivity index (χ4v) is 1.62. The number of primary amides is 1. The van der Waals surface area contributed by atoms with Crippen molar-refractivity contribution in [2.75, 3.05) is 26.3 Å². The van der Waals surface area contributed by atoms with Gasteiger partial charge in [-0.3, -0.25) is 4.79 Å². The van der Waals surface area contributed by atoms with Crippen LogP contribution in [0.25, 0.3) is 0 Å². The maximum absolute atomic E-state index is 10.8. The van der Waals surface area contributed by atoms with Gasteiger partial charge < -0.3 is 20.5 Å². The SMILES string of the molecule is CC(COCC1CNCC(C)(C)O1)C(N)=O. The Labute approximate surface area is 96.7 Å². The van der Waals surface area contributed by atoms with Crippen molar-refractivity contribution in [3.63, 3.8) is 0 Å². The van der Waals surface area contributed by atoms with Crippen molar-refractivity contribution in [3.8, 4) is 0 Å². The molecule has 0 bridgehead atoms.